The number of rotatable bonds is 15. The molecule has 0 saturated carbocycles. The van der Waals surface area contributed by atoms with Crippen molar-refractivity contribution in [1.82, 2.24) is 15.1 Å². The van der Waals surface area contributed by atoms with Gasteiger partial charge in [-0.15, -0.1) is 0 Å². The molecule has 9 nitrogen and oxygen atoms in total. The van der Waals surface area contributed by atoms with Crippen LogP contribution in [0.2, 0.25) is 0 Å². The maximum Gasteiger partial charge on any atom is 0.228 e. The molecule has 10 heteroatoms. The minimum Gasteiger partial charge on any atom is -0.347 e. The van der Waals surface area contributed by atoms with Crippen LogP contribution in [0.15, 0.2) is 9.98 Å². The van der Waals surface area contributed by atoms with E-state index < -0.39 is 24.3 Å². The van der Waals surface area contributed by atoms with Crippen molar-refractivity contribution in [3.05, 3.63) is 0 Å². The van der Waals surface area contributed by atoms with Crippen molar-refractivity contribution in [2.45, 2.75) is 155 Å². The van der Waals surface area contributed by atoms with Crippen LogP contribution in [0.25, 0.3) is 0 Å². The Labute approximate surface area is 303 Å². The summed E-state index contributed by atoms with van der Waals surface area (Å²) in [6.45, 7) is 13.2. The van der Waals surface area contributed by atoms with Gasteiger partial charge in [-0.1, -0.05) is 59.8 Å². The van der Waals surface area contributed by atoms with Crippen LogP contribution >= 0.6 is 0 Å². The van der Waals surface area contributed by atoms with Crippen LogP contribution in [0.5, 0.6) is 0 Å². The quantitative estimate of drug-likeness (QED) is 0.177. The summed E-state index contributed by atoms with van der Waals surface area (Å²) in [7, 11) is 2.13. The Balaban J connectivity index is 1.53. The summed E-state index contributed by atoms with van der Waals surface area (Å²) in [5, 5.41) is 3.49. The molecule has 4 rings (SSSR count). The number of amides is 2. The van der Waals surface area contributed by atoms with Crippen LogP contribution in [-0.2, 0) is 9.59 Å². The Bertz CT molecular complexity index is 1120. The molecule has 0 aromatic rings. The molecule has 5 N–H and O–H groups in total. The van der Waals surface area contributed by atoms with Crippen LogP contribution < -0.4 is 16.8 Å². The summed E-state index contributed by atoms with van der Waals surface area (Å²) in [4.78, 5) is 42.2. The number of piperidine rings is 2. The Morgan fingerprint density at radius 2 is 1.74 bits per heavy atom. The summed E-state index contributed by atoms with van der Waals surface area (Å²) in [5.74, 6) is 0.816. The van der Waals surface area contributed by atoms with Gasteiger partial charge >= 0.3 is 0 Å². The van der Waals surface area contributed by atoms with Gasteiger partial charge in [-0.05, 0) is 114 Å². The van der Waals surface area contributed by atoms with Crippen LogP contribution in [0.3, 0.4) is 0 Å². The fraction of sp³-hybridized carbons (Fsp3) is 0.900. The summed E-state index contributed by atoms with van der Waals surface area (Å²) in [5.41, 5.74) is 13.9. The zero-order valence-corrected chi connectivity index (χ0v) is 32.3. The first-order chi connectivity index (χ1) is 24.0. The highest BCUT2D eigenvalue weighted by Gasteiger charge is 2.43. The lowest BCUT2D eigenvalue weighted by Crippen LogP contribution is -2.58. The molecular weight excluding hydrogens is 629 g/mol. The van der Waals surface area contributed by atoms with Crippen LogP contribution in [0, 0.1) is 35.0 Å². The average Bonchev–Trinajstić information content (AvgIpc) is 3.09. The maximum atomic E-state index is 14.9. The van der Waals surface area contributed by atoms with E-state index in [1.807, 2.05) is 0 Å². The molecule has 0 aliphatic carbocycles. The summed E-state index contributed by atoms with van der Waals surface area (Å²) in [6, 6.07) is -0.677. The van der Waals surface area contributed by atoms with Crippen molar-refractivity contribution in [2.24, 2.45) is 56.5 Å². The molecule has 50 heavy (non-hydrogen) atoms. The van der Waals surface area contributed by atoms with Gasteiger partial charge < -0.3 is 26.6 Å². The highest BCUT2D eigenvalue weighted by molar-refractivity contribution is 5.94. The highest BCUT2D eigenvalue weighted by Crippen LogP contribution is 2.42. The molecule has 4 aliphatic rings. The first kappa shape index (κ1) is 40.9. The van der Waals surface area contributed by atoms with Crippen molar-refractivity contribution in [2.75, 3.05) is 39.8 Å². The number of nitrogens with zero attached hydrogens (tertiary/aromatic N) is 4. The minimum atomic E-state index is -1.13. The third-order valence-corrected chi connectivity index (χ3v) is 13.0. The molecule has 286 valence electrons. The van der Waals surface area contributed by atoms with Gasteiger partial charge in [0.1, 0.15) is 6.17 Å². The molecule has 0 bridgehead atoms. The van der Waals surface area contributed by atoms with E-state index in [1.165, 1.54) is 19.1 Å². The number of likely N-dealkylation sites (tertiary alicyclic amines) is 2. The summed E-state index contributed by atoms with van der Waals surface area (Å²) >= 11 is 0. The molecule has 7 unspecified atom stereocenters. The number of alkyl halides is 1. The van der Waals surface area contributed by atoms with Crippen molar-refractivity contribution >= 4 is 23.7 Å². The van der Waals surface area contributed by atoms with E-state index in [-0.39, 0.29) is 29.2 Å². The molecule has 4 aliphatic heterocycles. The van der Waals surface area contributed by atoms with Crippen molar-refractivity contribution in [1.29, 1.82) is 0 Å². The number of nitrogens with one attached hydrogen (secondary N) is 1. The monoisotopic (exact) mass is 702 g/mol. The van der Waals surface area contributed by atoms with E-state index in [2.05, 4.69) is 49.9 Å². The number of hydrogen-bond donors (Lipinski definition) is 3. The predicted molar refractivity (Wildman–Crippen MR) is 204 cm³/mol. The molecule has 7 atom stereocenters. The fourth-order valence-corrected chi connectivity index (χ4v) is 9.78. The van der Waals surface area contributed by atoms with Gasteiger partial charge in [0.05, 0.1) is 24.2 Å². The van der Waals surface area contributed by atoms with Gasteiger partial charge in [0.25, 0.3) is 0 Å². The second-order valence-electron chi connectivity index (χ2n) is 16.7. The van der Waals surface area contributed by atoms with Gasteiger partial charge in [0.2, 0.25) is 11.8 Å². The van der Waals surface area contributed by atoms with Gasteiger partial charge in [-0.3, -0.25) is 19.6 Å². The second-order valence-corrected chi connectivity index (χ2v) is 16.7. The van der Waals surface area contributed by atoms with E-state index in [0.717, 1.165) is 115 Å². The molecule has 2 amide bonds. The van der Waals surface area contributed by atoms with Gasteiger partial charge in [-0.25, -0.2) is 4.39 Å². The molecule has 4 heterocycles. The first-order valence-electron chi connectivity index (χ1n) is 20.5. The standard InChI is InChI=1S/C40H72FN7O2/c1-6-10-28(4)11-9-12-33-36(32(14-21-44-33)29-17-24-48(25-18-29)39(50)30-15-22-47(5)23-16-30)46-38(49)35(37(42)43)34-26-40(8-3,19-7-2)20-13-31(41)27-45-34/h27-32,34-37H,6-26,42-43H2,1-5H3,(H,46,49)/b45-27-. The van der Waals surface area contributed by atoms with E-state index >= 15 is 0 Å². The largest absolute Gasteiger partial charge is 0.347 e. The number of carbonyl (C=O) groups is 2. The van der Waals surface area contributed by atoms with Gasteiger partial charge in [0, 0.05) is 37.5 Å². The van der Waals surface area contributed by atoms with E-state index in [9.17, 15) is 14.0 Å². The number of nitrogens with two attached hydrogens (primary N) is 2. The lowest BCUT2D eigenvalue weighted by Gasteiger charge is -2.43. The van der Waals surface area contributed by atoms with Crippen LogP contribution in [-0.4, -0.2) is 97.7 Å². The zero-order chi connectivity index (χ0) is 36.3. The Hall–Kier alpha value is -1.91. The highest BCUT2D eigenvalue weighted by atomic mass is 19.1. The Kier molecular flexibility index (Phi) is 16.2. The van der Waals surface area contributed by atoms with Gasteiger partial charge in [-0.2, -0.15) is 0 Å². The summed E-state index contributed by atoms with van der Waals surface area (Å²) in [6.07, 6.45) is 14.3. The number of halogens is 1. The third kappa shape index (κ3) is 11.0. The molecule has 0 aromatic carbocycles. The molecule has 0 radical (unpaired) electrons. The van der Waals surface area contributed by atoms with Crippen LogP contribution in [0.4, 0.5) is 4.39 Å². The lowest BCUT2D eigenvalue weighted by atomic mass is 9.69. The minimum absolute atomic E-state index is 0.0942. The van der Waals surface area contributed by atoms with Crippen molar-refractivity contribution < 1.29 is 14.0 Å². The van der Waals surface area contributed by atoms with Crippen molar-refractivity contribution in [3.8, 4) is 0 Å². The fourth-order valence-electron chi connectivity index (χ4n) is 9.78. The van der Waals surface area contributed by atoms with Gasteiger partial charge in [0.15, 0.2) is 0 Å². The van der Waals surface area contributed by atoms with E-state index in [0.29, 0.717) is 30.6 Å². The normalized spacial score (nSPS) is 31.1. The molecule has 2 fully saturated rings. The van der Waals surface area contributed by atoms with Crippen molar-refractivity contribution in [3.63, 3.8) is 0 Å². The first-order valence-corrected chi connectivity index (χ1v) is 20.5. The van der Waals surface area contributed by atoms with E-state index in [4.69, 9.17) is 21.5 Å². The smallest absolute Gasteiger partial charge is 0.228 e. The number of carbonyl (C=O) groups excluding carboxylic acids is 2. The predicted octanol–water partition coefficient (Wildman–Crippen LogP) is 6.14. The SMILES string of the molecule is CCCC(C)CCCC1=NCCC(C2CCN(C(=O)C3CCN(C)CC3)CC2)C1NC(=O)C(C(N)N)C1CC(CC)(CCC)CCC(F)/C=N\1. The molecular formula is C40H72FN7O2. The zero-order valence-electron chi connectivity index (χ0n) is 32.3. The Morgan fingerprint density at radius 3 is 2.38 bits per heavy atom. The molecule has 0 spiro atoms. The van der Waals surface area contributed by atoms with E-state index in [1.54, 1.807) is 0 Å². The Morgan fingerprint density at radius 1 is 1.02 bits per heavy atom. The topological polar surface area (TPSA) is 129 Å². The second kappa shape index (κ2) is 19.8. The average molecular weight is 702 g/mol. The maximum absolute atomic E-state index is 14.9. The lowest BCUT2D eigenvalue weighted by molar-refractivity contribution is -0.138. The molecule has 0 aromatic heterocycles. The number of hydrogen-bond acceptors (Lipinski definition) is 7. The number of aliphatic imine (C=N–C) groups is 2. The third-order valence-electron chi connectivity index (χ3n) is 13.0. The summed E-state index contributed by atoms with van der Waals surface area (Å²) < 4.78 is 14.9. The molecule has 2 saturated heterocycles. The van der Waals surface area contributed by atoms with Crippen LogP contribution in [0.1, 0.15) is 130 Å².